The van der Waals surface area contributed by atoms with Gasteiger partial charge >= 0.3 is 0 Å². The summed E-state index contributed by atoms with van der Waals surface area (Å²) in [7, 11) is 1.68. The van der Waals surface area contributed by atoms with Crippen LogP contribution in [0.5, 0.6) is 11.5 Å². The van der Waals surface area contributed by atoms with Gasteiger partial charge in [0.05, 0.1) is 19.3 Å². The van der Waals surface area contributed by atoms with Crippen molar-refractivity contribution >= 4 is 5.95 Å². The number of benzene rings is 1. The Kier molecular flexibility index (Phi) is 8.59. The minimum atomic E-state index is -0.809. The van der Waals surface area contributed by atoms with Crippen LogP contribution >= 0.6 is 0 Å². The molecule has 2 aliphatic rings. The van der Waals surface area contributed by atoms with Crippen LogP contribution in [0.15, 0.2) is 36.7 Å². The molecular weight excluding hydrogens is 430 g/mol. The number of β-amino-alcohol motifs (C(OH)–C–C–N with tert-alkyl or cyclic N) is 1. The van der Waals surface area contributed by atoms with E-state index in [1.54, 1.807) is 25.6 Å². The molecule has 1 atom stereocenters. The van der Waals surface area contributed by atoms with E-state index in [1.165, 1.54) is 12.8 Å². The second-order valence-electron chi connectivity index (χ2n) is 9.76. The maximum atomic E-state index is 11.1. The largest absolute Gasteiger partial charge is 0.493 e. The number of hydrogen-bond acceptors (Lipinski definition) is 8. The van der Waals surface area contributed by atoms with Crippen molar-refractivity contribution in [2.24, 2.45) is 5.92 Å². The third-order valence-electron chi connectivity index (χ3n) is 6.94. The van der Waals surface area contributed by atoms with E-state index in [4.69, 9.17) is 9.47 Å². The molecule has 1 unspecified atom stereocenters. The Morgan fingerprint density at radius 3 is 2.71 bits per heavy atom. The van der Waals surface area contributed by atoms with Crippen molar-refractivity contribution in [3.63, 3.8) is 0 Å². The molecule has 0 radical (unpaired) electrons. The topological polar surface area (TPSA) is 83.0 Å². The summed E-state index contributed by atoms with van der Waals surface area (Å²) >= 11 is 0. The van der Waals surface area contributed by atoms with Crippen LogP contribution in [0.3, 0.4) is 0 Å². The van der Waals surface area contributed by atoms with E-state index in [0.29, 0.717) is 32.2 Å². The smallest absolute Gasteiger partial charge is 0.225 e. The Morgan fingerprint density at radius 1 is 1.15 bits per heavy atom. The predicted octanol–water partition coefficient (Wildman–Crippen LogP) is 2.72. The van der Waals surface area contributed by atoms with Crippen molar-refractivity contribution in [2.75, 3.05) is 57.9 Å². The number of nitrogens with zero attached hydrogens (tertiary/aromatic N) is 4. The number of rotatable bonds is 10. The first-order valence-corrected chi connectivity index (χ1v) is 12.5. The zero-order valence-corrected chi connectivity index (χ0v) is 20.6. The summed E-state index contributed by atoms with van der Waals surface area (Å²) in [5, 5.41) is 14.6. The van der Waals surface area contributed by atoms with Crippen LogP contribution in [0.25, 0.3) is 0 Å². The highest BCUT2D eigenvalue weighted by Gasteiger charge is 2.33. The summed E-state index contributed by atoms with van der Waals surface area (Å²) in [5.41, 5.74) is 0.286. The zero-order chi connectivity index (χ0) is 23.8. The van der Waals surface area contributed by atoms with E-state index >= 15 is 0 Å². The molecule has 0 aliphatic carbocycles. The number of likely N-dealkylation sites (tertiary alicyclic amines) is 1. The van der Waals surface area contributed by atoms with Gasteiger partial charge in [-0.3, -0.25) is 4.90 Å². The normalized spacial score (nSPS) is 22.0. The first-order valence-electron chi connectivity index (χ1n) is 12.5. The van der Waals surface area contributed by atoms with Crippen molar-refractivity contribution in [1.82, 2.24) is 20.2 Å². The number of aromatic nitrogens is 2. The average Bonchev–Trinajstić information content (AvgIpc) is 2.86. The lowest BCUT2D eigenvalue weighted by Crippen LogP contribution is -2.53. The molecule has 2 aliphatic heterocycles. The van der Waals surface area contributed by atoms with Crippen LogP contribution in [0, 0.1) is 5.92 Å². The van der Waals surface area contributed by atoms with E-state index < -0.39 is 5.60 Å². The van der Waals surface area contributed by atoms with Crippen LogP contribution in [-0.2, 0) is 6.54 Å². The van der Waals surface area contributed by atoms with Gasteiger partial charge in [0.15, 0.2) is 11.5 Å². The van der Waals surface area contributed by atoms with Crippen LogP contribution in [0.1, 0.15) is 38.2 Å². The van der Waals surface area contributed by atoms with E-state index in [9.17, 15) is 5.11 Å². The van der Waals surface area contributed by atoms with Gasteiger partial charge in [-0.05, 0) is 68.5 Å². The van der Waals surface area contributed by atoms with E-state index in [2.05, 4.69) is 38.1 Å². The fraction of sp³-hybridized carbons (Fsp3) is 0.615. The lowest BCUT2D eigenvalue weighted by Gasteiger charge is -2.39. The molecule has 0 bridgehead atoms. The van der Waals surface area contributed by atoms with Crippen LogP contribution < -0.4 is 19.7 Å². The van der Waals surface area contributed by atoms with Crippen molar-refractivity contribution < 1.29 is 14.6 Å². The number of ether oxygens (including phenoxy) is 2. The SMILES string of the molecule is COc1cc(CNCC2(O)CCCN(c3ncccn3)C2)ccc1OCCN1CCC(C)CC1. The summed E-state index contributed by atoms with van der Waals surface area (Å²) in [6.07, 6.45) is 7.70. The number of methoxy groups -OCH3 is 1. The third kappa shape index (κ3) is 6.81. The minimum absolute atomic E-state index is 0.505. The van der Waals surface area contributed by atoms with Gasteiger partial charge in [-0.2, -0.15) is 0 Å². The number of hydrogen-bond donors (Lipinski definition) is 2. The van der Waals surface area contributed by atoms with Gasteiger partial charge in [0.1, 0.15) is 6.61 Å². The molecule has 1 aromatic heterocycles. The molecule has 3 heterocycles. The maximum absolute atomic E-state index is 11.1. The molecule has 186 valence electrons. The summed E-state index contributed by atoms with van der Waals surface area (Å²) in [5.74, 6) is 3.04. The van der Waals surface area contributed by atoms with Crippen molar-refractivity contribution in [3.05, 3.63) is 42.2 Å². The van der Waals surface area contributed by atoms with Crippen LogP contribution in [0.4, 0.5) is 5.95 Å². The number of piperidine rings is 2. The Bertz CT molecular complexity index is 891. The number of nitrogens with one attached hydrogen (secondary N) is 1. The third-order valence-corrected chi connectivity index (χ3v) is 6.94. The summed E-state index contributed by atoms with van der Waals surface area (Å²) in [4.78, 5) is 13.2. The molecule has 34 heavy (non-hydrogen) atoms. The van der Waals surface area contributed by atoms with Gasteiger partial charge in [-0.15, -0.1) is 0 Å². The van der Waals surface area contributed by atoms with Crippen molar-refractivity contribution in [3.8, 4) is 11.5 Å². The highest BCUT2D eigenvalue weighted by atomic mass is 16.5. The molecule has 0 spiro atoms. The summed E-state index contributed by atoms with van der Waals surface area (Å²) < 4.78 is 11.6. The maximum Gasteiger partial charge on any atom is 0.225 e. The standard InChI is InChI=1S/C26H39N5O3/c1-21-7-13-30(14-8-21)15-16-34-23-6-5-22(17-24(23)33-2)18-27-19-26(32)9-3-12-31(20-26)25-28-10-4-11-29-25/h4-6,10-11,17,21,27,32H,3,7-9,12-16,18-20H2,1-2H3. The van der Waals surface area contributed by atoms with Gasteiger partial charge in [0, 0.05) is 38.6 Å². The molecular formula is C26H39N5O3. The first kappa shape index (κ1) is 24.7. The second-order valence-corrected chi connectivity index (χ2v) is 9.76. The highest BCUT2D eigenvalue weighted by Crippen LogP contribution is 2.29. The van der Waals surface area contributed by atoms with E-state index in [0.717, 1.165) is 62.0 Å². The van der Waals surface area contributed by atoms with Crippen LogP contribution in [-0.4, -0.2) is 78.6 Å². The van der Waals surface area contributed by atoms with Crippen molar-refractivity contribution in [2.45, 2.75) is 44.8 Å². The molecule has 8 heteroatoms. The van der Waals surface area contributed by atoms with Crippen LogP contribution in [0.2, 0.25) is 0 Å². The molecule has 2 fully saturated rings. The lowest BCUT2D eigenvalue weighted by molar-refractivity contribution is 0.0256. The van der Waals surface area contributed by atoms with Gasteiger partial charge in [-0.25, -0.2) is 9.97 Å². The van der Waals surface area contributed by atoms with E-state index in [1.807, 2.05) is 12.1 Å². The first-order chi connectivity index (χ1) is 16.5. The summed E-state index contributed by atoms with van der Waals surface area (Å²) in [6, 6.07) is 7.86. The average molecular weight is 470 g/mol. The monoisotopic (exact) mass is 469 g/mol. The minimum Gasteiger partial charge on any atom is -0.493 e. The fourth-order valence-electron chi connectivity index (χ4n) is 4.83. The molecule has 2 aromatic rings. The van der Waals surface area contributed by atoms with Gasteiger partial charge < -0.3 is 24.8 Å². The predicted molar refractivity (Wildman–Crippen MR) is 133 cm³/mol. The zero-order valence-electron chi connectivity index (χ0n) is 20.6. The summed E-state index contributed by atoms with van der Waals surface area (Å²) in [6.45, 7) is 8.80. The quantitative estimate of drug-likeness (QED) is 0.550. The highest BCUT2D eigenvalue weighted by molar-refractivity contribution is 5.43. The van der Waals surface area contributed by atoms with Crippen molar-refractivity contribution in [1.29, 1.82) is 0 Å². The second kappa shape index (κ2) is 11.8. The Hall–Kier alpha value is -2.42. The molecule has 4 rings (SSSR count). The molecule has 8 nitrogen and oxygen atoms in total. The molecule has 0 saturated carbocycles. The molecule has 2 saturated heterocycles. The molecule has 0 amide bonds. The molecule has 1 aromatic carbocycles. The Balaban J connectivity index is 1.24. The van der Waals surface area contributed by atoms with E-state index in [-0.39, 0.29) is 0 Å². The van der Waals surface area contributed by atoms with Gasteiger partial charge in [0.25, 0.3) is 0 Å². The van der Waals surface area contributed by atoms with Gasteiger partial charge in [-0.1, -0.05) is 13.0 Å². The van der Waals surface area contributed by atoms with Gasteiger partial charge in [0.2, 0.25) is 5.95 Å². The fourth-order valence-corrected chi connectivity index (χ4v) is 4.83. The molecule has 2 N–H and O–H groups in total. The number of anilines is 1. The number of aliphatic hydroxyl groups is 1. The Morgan fingerprint density at radius 2 is 1.94 bits per heavy atom. The Labute approximate surface area is 203 Å². The lowest BCUT2D eigenvalue weighted by atomic mass is 9.93.